The molecule has 0 spiro atoms. The van der Waals surface area contributed by atoms with Crippen LogP contribution in [0.4, 0.5) is 0 Å². The minimum absolute atomic E-state index is 0.132. The smallest absolute Gasteiger partial charge is 0.338 e. The number of hydrogen-bond donors (Lipinski definition) is 1. The molecule has 0 saturated carbocycles. The number of amides is 2. The molecule has 1 aliphatic heterocycles. The number of rotatable bonds is 14. The van der Waals surface area contributed by atoms with E-state index in [2.05, 4.69) is 12.2 Å². The Morgan fingerprint density at radius 1 is 0.821 bits per heavy atom. The van der Waals surface area contributed by atoms with Crippen LogP contribution in [0.3, 0.4) is 0 Å². The summed E-state index contributed by atoms with van der Waals surface area (Å²) < 4.78 is 5.30. The van der Waals surface area contributed by atoms with Gasteiger partial charge in [0.15, 0.2) is 0 Å². The van der Waals surface area contributed by atoms with Gasteiger partial charge in [-0.3, -0.25) is 14.9 Å². The molecule has 0 aromatic heterocycles. The van der Waals surface area contributed by atoms with Crippen molar-refractivity contribution in [3.63, 3.8) is 0 Å². The van der Waals surface area contributed by atoms with Gasteiger partial charge in [-0.15, -0.1) is 0 Å². The zero-order valence-electron chi connectivity index (χ0n) is 17.1. The molecule has 1 aromatic rings. The fourth-order valence-corrected chi connectivity index (χ4v) is 3.57. The van der Waals surface area contributed by atoms with Gasteiger partial charge in [-0.2, -0.15) is 0 Å². The lowest BCUT2D eigenvalue weighted by Crippen LogP contribution is -2.21. The summed E-state index contributed by atoms with van der Waals surface area (Å²) in [5.41, 5.74) is 0.539. The monoisotopic (exact) mass is 387 g/mol. The quantitative estimate of drug-likeness (QED) is 0.262. The molecule has 2 rings (SSSR count). The molecule has 1 aliphatic rings. The van der Waals surface area contributed by atoms with Gasteiger partial charge in [-0.1, -0.05) is 83.6 Å². The van der Waals surface area contributed by atoms with E-state index in [1.807, 2.05) is 0 Å². The van der Waals surface area contributed by atoms with Crippen LogP contribution in [-0.4, -0.2) is 24.4 Å². The molecule has 2 amide bonds. The number of nitrogens with one attached hydrogen (secondary N) is 1. The van der Waals surface area contributed by atoms with Crippen LogP contribution in [0.15, 0.2) is 18.2 Å². The fraction of sp³-hybridized carbons (Fsp3) is 0.609. The van der Waals surface area contributed by atoms with E-state index in [1.54, 1.807) is 6.07 Å². The Hall–Kier alpha value is -2.17. The zero-order chi connectivity index (χ0) is 20.2. The number of ether oxygens (including phenoxy) is 1. The Balaban J connectivity index is 1.54. The highest BCUT2D eigenvalue weighted by Gasteiger charge is 2.31. The number of carbonyl (C=O) groups excluding carboxylic acids is 3. The molecule has 154 valence electrons. The summed E-state index contributed by atoms with van der Waals surface area (Å²) in [5.74, 6) is -1.53. The molecular formula is C23H33NO4. The number of imide groups is 1. The summed E-state index contributed by atoms with van der Waals surface area (Å²) in [4.78, 5) is 35.7. The first kappa shape index (κ1) is 22.1. The Kier molecular flexibility index (Phi) is 9.73. The average Bonchev–Trinajstić information content (AvgIpc) is 2.99. The Morgan fingerprint density at radius 2 is 1.39 bits per heavy atom. The van der Waals surface area contributed by atoms with Gasteiger partial charge in [0, 0.05) is 0 Å². The first-order chi connectivity index (χ1) is 13.6. The third-order valence-electron chi connectivity index (χ3n) is 5.21. The van der Waals surface area contributed by atoms with Crippen molar-refractivity contribution in [3.8, 4) is 0 Å². The van der Waals surface area contributed by atoms with Crippen molar-refractivity contribution in [2.45, 2.75) is 84.0 Å². The van der Waals surface area contributed by atoms with Crippen LogP contribution >= 0.6 is 0 Å². The van der Waals surface area contributed by atoms with Crippen molar-refractivity contribution in [2.75, 3.05) is 6.61 Å². The maximum atomic E-state index is 12.2. The van der Waals surface area contributed by atoms with Gasteiger partial charge in [-0.05, 0) is 18.6 Å². The minimum Gasteiger partial charge on any atom is -0.462 e. The molecule has 1 heterocycles. The molecule has 1 aromatic carbocycles. The summed E-state index contributed by atoms with van der Waals surface area (Å²) in [6, 6.07) is 4.66. The van der Waals surface area contributed by atoms with Crippen LogP contribution in [0, 0.1) is 0 Å². The summed E-state index contributed by atoms with van der Waals surface area (Å²) in [7, 11) is 0. The number of benzene rings is 1. The molecule has 0 bridgehead atoms. The van der Waals surface area contributed by atoms with Crippen molar-refractivity contribution < 1.29 is 19.1 Å². The molecule has 0 unspecified atom stereocenters. The minimum atomic E-state index is -0.537. The summed E-state index contributed by atoms with van der Waals surface area (Å²) in [6.45, 7) is 2.59. The lowest BCUT2D eigenvalue weighted by Gasteiger charge is -2.07. The van der Waals surface area contributed by atoms with Crippen molar-refractivity contribution in [2.24, 2.45) is 0 Å². The summed E-state index contributed by atoms with van der Waals surface area (Å²) in [6.07, 6.45) is 15.0. The first-order valence-corrected chi connectivity index (χ1v) is 10.8. The molecule has 0 fully saturated rings. The average molecular weight is 388 g/mol. The van der Waals surface area contributed by atoms with Crippen LogP contribution in [0.5, 0.6) is 0 Å². The summed E-state index contributed by atoms with van der Waals surface area (Å²) >= 11 is 0. The third kappa shape index (κ3) is 6.77. The van der Waals surface area contributed by atoms with Gasteiger partial charge in [0.05, 0.1) is 23.3 Å². The van der Waals surface area contributed by atoms with Gasteiger partial charge in [0.25, 0.3) is 11.8 Å². The van der Waals surface area contributed by atoms with Gasteiger partial charge < -0.3 is 4.74 Å². The van der Waals surface area contributed by atoms with Crippen LogP contribution < -0.4 is 5.32 Å². The predicted molar refractivity (Wildman–Crippen MR) is 110 cm³/mol. The SMILES string of the molecule is CCCCCCCCCCCCCCOC(=O)c1cccc2c1C(=O)NC2=O. The van der Waals surface area contributed by atoms with E-state index in [0.717, 1.165) is 19.3 Å². The van der Waals surface area contributed by atoms with E-state index in [1.165, 1.54) is 69.9 Å². The Morgan fingerprint density at radius 3 is 2.00 bits per heavy atom. The molecular weight excluding hydrogens is 354 g/mol. The van der Waals surface area contributed by atoms with E-state index < -0.39 is 17.8 Å². The Bertz CT molecular complexity index is 669. The lowest BCUT2D eigenvalue weighted by molar-refractivity contribution is 0.0494. The van der Waals surface area contributed by atoms with E-state index >= 15 is 0 Å². The van der Waals surface area contributed by atoms with Crippen LogP contribution in [0.1, 0.15) is 115 Å². The highest BCUT2D eigenvalue weighted by atomic mass is 16.5. The van der Waals surface area contributed by atoms with Crippen LogP contribution in [-0.2, 0) is 4.74 Å². The number of fused-ring (bicyclic) bond motifs is 1. The van der Waals surface area contributed by atoms with Crippen molar-refractivity contribution in [1.82, 2.24) is 5.32 Å². The van der Waals surface area contributed by atoms with Gasteiger partial charge in [0.1, 0.15) is 0 Å². The molecule has 1 N–H and O–H groups in total. The van der Waals surface area contributed by atoms with Crippen LogP contribution in [0.2, 0.25) is 0 Å². The number of esters is 1. The van der Waals surface area contributed by atoms with E-state index in [4.69, 9.17) is 4.74 Å². The van der Waals surface area contributed by atoms with E-state index in [9.17, 15) is 14.4 Å². The van der Waals surface area contributed by atoms with E-state index in [-0.39, 0.29) is 16.7 Å². The number of carbonyl (C=O) groups is 3. The molecule has 5 heteroatoms. The van der Waals surface area contributed by atoms with Gasteiger partial charge in [0.2, 0.25) is 0 Å². The topological polar surface area (TPSA) is 72.5 Å². The predicted octanol–water partition coefficient (Wildman–Crippen LogP) is 5.43. The normalized spacial score (nSPS) is 12.8. The maximum Gasteiger partial charge on any atom is 0.338 e. The maximum absolute atomic E-state index is 12.2. The standard InChI is InChI=1S/C23H33NO4/c1-2-3-4-5-6-7-8-9-10-11-12-13-17-28-23(27)19-16-14-15-18-20(19)22(26)24-21(18)25/h14-16H,2-13,17H2,1H3,(H,24,25,26). The van der Waals surface area contributed by atoms with Crippen molar-refractivity contribution in [3.05, 3.63) is 34.9 Å². The second-order valence-electron chi connectivity index (χ2n) is 7.54. The Labute approximate surface area is 168 Å². The van der Waals surface area contributed by atoms with Crippen LogP contribution in [0.25, 0.3) is 0 Å². The first-order valence-electron chi connectivity index (χ1n) is 10.8. The lowest BCUT2D eigenvalue weighted by atomic mass is 10.0. The molecule has 28 heavy (non-hydrogen) atoms. The second kappa shape index (κ2) is 12.3. The number of unbranched alkanes of at least 4 members (excludes halogenated alkanes) is 11. The second-order valence-corrected chi connectivity index (χ2v) is 7.54. The van der Waals surface area contributed by atoms with E-state index in [0.29, 0.717) is 6.61 Å². The van der Waals surface area contributed by atoms with Gasteiger partial charge >= 0.3 is 5.97 Å². The molecule has 0 radical (unpaired) electrons. The van der Waals surface area contributed by atoms with Crippen molar-refractivity contribution >= 4 is 17.8 Å². The van der Waals surface area contributed by atoms with Gasteiger partial charge in [-0.25, -0.2) is 4.79 Å². The summed E-state index contributed by atoms with van der Waals surface area (Å²) in [5, 5.41) is 2.21. The highest BCUT2D eigenvalue weighted by molar-refractivity contribution is 6.24. The number of hydrogen-bond acceptors (Lipinski definition) is 4. The van der Waals surface area contributed by atoms with Crippen molar-refractivity contribution in [1.29, 1.82) is 0 Å². The molecule has 0 aliphatic carbocycles. The molecule has 0 saturated heterocycles. The third-order valence-corrected chi connectivity index (χ3v) is 5.21. The fourth-order valence-electron chi connectivity index (χ4n) is 3.57. The zero-order valence-corrected chi connectivity index (χ0v) is 17.1. The molecule has 0 atom stereocenters. The highest BCUT2D eigenvalue weighted by Crippen LogP contribution is 2.21. The largest absolute Gasteiger partial charge is 0.462 e. The molecule has 5 nitrogen and oxygen atoms in total.